The summed E-state index contributed by atoms with van der Waals surface area (Å²) in [6.45, 7) is 0. The Labute approximate surface area is 328 Å². The van der Waals surface area contributed by atoms with Gasteiger partial charge in [-0.25, -0.2) is 4.98 Å². The summed E-state index contributed by atoms with van der Waals surface area (Å²) in [4.78, 5) is 27.5. The van der Waals surface area contributed by atoms with Crippen molar-refractivity contribution >= 4 is 51.0 Å². The second-order valence-corrected chi connectivity index (χ2v) is 14.9. The van der Waals surface area contributed by atoms with E-state index in [1.54, 1.807) is 0 Å². The standard InChI is InChI=1S/C50H33N7/c1-2-10-32(11-3-1)42-29-56-30-43(53-28-46(56)55-42)48-37-15-6-4-13-35(37)47(36-14-5-7-16-38(36)48)34-21-22-44-40(27-34)39-17-9-25-52-50(39)57(44)45-23-19-31-18-20-33-12-8-24-51-49(33)41(26-31)54-45/h1-30,39,41,50H. The van der Waals surface area contributed by atoms with Gasteiger partial charge in [0.1, 0.15) is 18.0 Å². The number of imidazole rings is 1. The molecule has 3 aliphatic heterocycles. The monoisotopic (exact) mass is 731 g/mol. The molecule has 0 radical (unpaired) electrons. The summed E-state index contributed by atoms with van der Waals surface area (Å²) in [5.41, 5.74) is 12.7. The molecule has 0 fully saturated rings. The molecule has 0 amide bonds. The van der Waals surface area contributed by atoms with Gasteiger partial charge in [-0.15, -0.1) is 0 Å². The van der Waals surface area contributed by atoms with Crippen LogP contribution in [0.15, 0.2) is 186 Å². The number of dihydropyridines is 1. The fraction of sp³-hybridized carbons (Fsp3) is 0.0600. The Morgan fingerprint density at radius 1 is 0.632 bits per heavy atom. The van der Waals surface area contributed by atoms with Gasteiger partial charge in [-0.3, -0.25) is 20.0 Å². The van der Waals surface area contributed by atoms with Gasteiger partial charge in [0.2, 0.25) is 0 Å². The van der Waals surface area contributed by atoms with E-state index in [2.05, 4.69) is 149 Å². The lowest BCUT2D eigenvalue weighted by Gasteiger charge is -2.28. The van der Waals surface area contributed by atoms with Crippen LogP contribution in [-0.4, -0.2) is 37.6 Å². The maximum Gasteiger partial charge on any atom is 0.156 e. The number of amidine groups is 1. The molecule has 2 bridgehead atoms. The normalized spacial score (nSPS) is 18.9. The first-order valence-electron chi connectivity index (χ1n) is 19.3. The van der Waals surface area contributed by atoms with Gasteiger partial charge in [0.15, 0.2) is 5.65 Å². The Morgan fingerprint density at radius 3 is 2.21 bits per heavy atom. The predicted octanol–water partition coefficient (Wildman–Crippen LogP) is 11.0. The number of benzene rings is 5. The summed E-state index contributed by atoms with van der Waals surface area (Å²) in [6.07, 6.45) is 24.9. The predicted molar refractivity (Wildman–Crippen MR) is 232 cm³/mol. The molecule has 7 nitrogen and oxygen atoms in total. The number of aliphatic imine (C=N–C) groups is 2. The Morgan fingerprint density at radius 2 is 1.39 bits per heavy atom. The number of allylic oxidation sites excluding steroid dienone is 4. The maximum atomic E-state index is 5.37. The molecule has 0 spiro atoms. The zero-order valence-corrected chi connectivity index (χ0v) is 30.7. The third-order valence-electron chi connectivity index (χ3n) is 11.7. The highest BCUT2D eigenvalue weighted by atomic mass is 15.3. The van der Waals surface area contributed by atoms with E-state index in [1.807, 2.05) is 42.9 Å². The molecule has 4 aliphatic rings. The molecule has 12 rings (SSSR count). The van der Waals surface area contributed by atoms with Crippen molar-refractivity contribution in [3.63, 3.8) is 0 Å². The molecule has 8 aromatic rings. The van der Waals surface area contributed by atoms with Crippen molar-refractivity contribution < 1.29 is 0 Å². The van der Waals surface area contributed by atoms with Crippen molar-refractivity contribution in [2.24, 2.45) is 9.98 Å². The van der Waals surface area contributed by atoms with Crippen molar-refractivity contribution in [2.45, 2.75) is 18.1 Å². The Balaban J connectivity index is 1.01. The van der Waals surface area contributed by atoms with Crippen LogP contribution in [0.3, 0.4) is 0 Å². The second-order valence-electron chi connectivity index (χ2n) is 14.9. The van der Waals surface area contributed by atoms with Crippen LogP contribution in [0.4, 0.5) is 5.69 Å². The molecule has 6 heterocycles. The van der Waals surface area contributed by atoms with Crippen molar-refractivity contribution in [2.75, 3.05) is 4.90 Å². The lowest BCUT2D eigenvalue weighted by Crippen LogP contribution is -2.37. The van der Waals surface area contributed by atoms with E-state index in [4.69, 9.17) is 24.9 Å². The van der Waals surface area contributed by atoms with Gasteiger partial charge in [-0.05, 0) is 85.8 Å². The Kier molecular flexibility index (Phi) is 6.98. The molecule has 3 unspecified atom stereocenters. The number of nitrogens with zero attached hydrogens (tertiary/aromatic N) is 7. The molecule has 7 heteroatoms. The number of rotatable bonds is 3. The number of aromatic nitrogens is 4. The van der Waals surface area contributed by atoms with Crippen molar-refractivity contribution in [1.29, 1.82) is 0 Å². The summed E-state index contributed by atoms with van der Waals surface area (Å²) in [7, 11) is 0. The molecule has 3 atom stereocenters. The minimum atomic E-state index is -0.202. The summed E-state index contributed by atoms with van der Waals surface area (Å²) in [5, 5.41) is 4.66. The average Bonchev–Trinajstić information content (AvgIpc) is 3.70. The van der Waals surface area contributed by atoms with Gasteiger partial charge in [-0.2, -0.15) is 0 Å². The summed E-state index contributed by atoms with van der Waals surface area (Å²) < 4.78 is 2.09. The molecule has 5 aromatic carbocycles. The number of hydrogen-bond acceptors (Lipinski definition) is 6. The molecule has 268 valence electrons. The maximum absolute atomic E-state index is 5.37. The smallest absolute Gasteiger partial charge is 0.156 e. The first-order valence-corrected chi connectivity index (χ1v) is 19.3. The van der Waals surface area contributed by atoms with E-state index in [9.17, 15) is 0 Å². The van der Waals surface area contributed by atoms with E-state index in [1.165, 1.54) is 27.5 Å². The van der Waals surface area contributed by atoms with Gasteiger partial charge >= 0.3 is 0 Å². The zero-order valence-electron chi connectivity index (χ0n) is 30.7. The second kappa shape index (κ2) is 12.5. The third kappa shape index (κ3) is 5.02. The summed E-state index contributed by atoms with van der Waals surface area (Å²) >= 11 is 0. The molecule has 57 heavy (non-hydrogen) atoms. The molecular weight excluding hydrogens is 699 g/mol. The lowest BCUT2D eigenvalue weighted by molar-refractivity contribution is 0.666. The van der Waals surface area contributed by atoms with Crippen LogP contribution in [0.1, 0.15) is 28.8 Å². The Hall–Kier alpha value is -7.51. The largest absolute Gasteiger partial charge is 0.303 e. The van der Waals surface area contributed by atoms with Crippen LogP contribution >= 0.6 is 0 Å². The molecule has 0 saturated heterocycles. The third-order valence-corrected chi connectivity index (χ3v) is 11.7. The minimum absolute atomic E-state index is 0.0667. The first kappa shape index (κ1) is 31.8. The first-order chi connectivity index (χ1) is 28.2. The number of hydrogen-bond donors (Lipinski definition) is 0. The van der Waals surface area contributed by atoms with Crippen LogP contribution in [0, 0.1) is 0 Å². The fourth-order valence-corrected chi connectivity index (χ4v) is 9.11. The highest BCUT2D eigenvalue weighted by molar-refractivity contribution is 6.21. The Bertz CT molecular complexity index is 3110. The van der Waals surface area contributed by atoms with Gasteiger partial charge in [0.25, 0.3) is 0 Å². The highest BCUT2D eigenvalue weighted by Crippen LogP contribution is 2.49. The van der Waals surface area contributed by atoms with Crippen LogP contribution < -0.4 is 4.90 Å². The number of fused-ring (bicyclic) bond motifs is 9. The van der Waals surface area contributed by atoms with Gasteiger partial charge in [0, 0.05) is 47.5 Å². The van der Waals surface area contributed by atoms with Crippen LogP contribution in [0.25, 0.3) is 66.9 Å². The van der Waals surface area contributed by atoms with Gasteiger partial charge < -0.3 is 9.30 Å². The molecule has 0 N–H and O–H groups in total. The van der Waals surface area contributed by atoms with Gasteiger partial charge in [0.05, 0.1) is 23.3 Å². The van der Waals surface area contributed by atoms with Crippen LogP contribution in [0.5, 0.6) is 0 Å². The fourth-order valence-electron chi connectivity index (χ4n) is 9.11. The highest BCUT2D eigenvalue weighted by Gasteiger charge is 2.40. The van der Waals surface area contributed by atoms with E-state index >= 15 is 0 Å². The van der Waals surface area contributed by atoms with Crippen LogP contribution in [0.2, 0.25) is 0 Å². The lowest BCUT2D eigenvalue weighted by atomic mass is 9.86. The van der Waals surface area contributed by atoms with Crippen molar-refractivity contribution in [3.05, 3.63) is 193 Å². The molecule has 1 aliphatic carbocycles. The minimum Gasteiger partial charge on any atom is -0.303 e. The van der Waals surface area contributed by atoms with Crippen molar-refractivity contribution in [3.8, 4) is 33.6 Å². The SMILES string of the molecule is C1=CC2c3cc(-c4c5ccccc5c(-c5cn6cc(-c7ccccc7)nc6cn5)c5ccccc45)ccc3N(C3=NC4C=C(C=C3)C=Cc3cccnc34)C2N=C1. The topological polar surface area (TPSA) is 71.0 Å². The van der Waals surface area contributed by atoms with Crippen molar-refractivity contribution in [1.82, 2.24) is 19.4 Å². The summed E-state index contributed by atoms with van der Waals surface area (Å²) in [6, 6.07) is 38.6. The number of anilines is 1. The quantitative estimate of drug-likeness (QED) is 0.170. The summed E-state index contributed by atoms with van der Waals surface area (Å²) in [5.74, 6) is 0.947. The zero-order chi connectivity index (χ0) is 37.5. The average molecular weight is 732 g/mol. The van der Waals surface area contributed by atoms with E-state index in [0.717, 1.165) is 67.3 Å². The van der Waals surface area contributed by atoms with Crippen LogP contribution in [-0.2, 0) is 0 Å². The number of pyridine rings is 1. The van der Waals surface area contributed by atoms with E-state index < -0.39 is 0 Å². The van der Waals surface area contributed by atoms with E-state index in [0.29, 0.717) is 0 Å². The van der Waals surface area contributed by atoms with Gasteiger partial charge in [-0.1, -0.05) is 115 Å². The van der Waals surface area contributed by atoms with E-state index in [-0.39, 0.29) is 18.1 Å². The molecule has 3 aromatic heterocycles. The molecule has 0 saturated carbocycles. The molecular formula is C50H33N7.